The molecule has 0 aliphatic heterocycles. The summed E-state index contributed by atoms with van der Waals surface area (Å²) in [6.45, 7) is 6.30. The van der Waals surface area contributed by atoms with Crippen molar-refractivity contribution in [1.82, 2.24) is 15.2 Å². The second-order valence-electron chi connectivity index (χ2n) is 5.50. The van der Waals surface area contributed by atoms with Crippen LogP contribution in [0.25, 0.3) is 0 Å². The van der Waals surface area contributed by atoms with Gasteiger partial charge in [0.15, 0.2) is 5.82 Å². The minimum absolute atomic E-state index is 0.000948. The fourth-order valence-electron chi connectivity index (χ4n) is 1.66. The molecule has 0 saturated carbocycles. The molecule has 0 fully saturated rings. The molecule has 2 N–H and O–H groups in total. The van der Waals surface area contributed by atoms with Crippen molar-refractivity contribution in [2.75, 3.05) is 12.4 Å². The van der Waals surface area contributed by atoms with Crippen molar-refractivity contribution in [2.24, 2.45) is 0 Å². The number of aromatic amines is 1. The zero-order valence-electron chi connectivity index (χ0n) is 12.0. The summed E-state index contributed by atoms with van der Waals surface area (Å²) in [6, 6.07) is 3.61. The molecule has 106 valence electrons. The molecule has 0 aromatic carbocycles. The quantitative estimate of drug-likeness (QED) is 0.841. The smallest absolute Gasteiger partial charge is 0.339 e. The molecule has 2 rings (SSSR count). The number of anilines is 2. The SMILES string of the molecule is COC(=O)c1cncc(Nc2cc(C(C)(C)C)[nH]n2)c1. The molecule has 0 bridgehead atoms. The molecule has 0 aliphatic carbocycles. The highest BCUT2D eigenvalue weighted by Gasteiger charge is 2.16. The Kier molecular flexibility index (Phi) is 3.74. The highest BCUT2D eigenvalue weighted by Crippen LogP contribution is 2.23. The molecule has 0 unspecified atom stereocenters. The van der Waals surface area contributed by atoms with E-state index in [-0.39, 0.29) is 5.41 Å². The maximum absolute atomic E-state index is 11.4. The molecule has 0 spiro atoms. The molecule has 0 aliphatic rings. The summed E-state index contributed by atoms with van der Waals surface area (Å²) < 4.78 is 4.66. The first kappa shape index (κ1) is 14.0. The van der Waals surface area contributed by atoms with E-state index in [1.807, 2.05) is 6.07 Å². The van der Waals surface area contributed by atoms with Crippen molar-refractivity contribution in [2.45, 2.75) is 26.2 Å². The number of aromatic nitrogens is 3. The molecule has 0 atom stereocenters. The van der Waals surface area contributed by atoms with E-state index in [4.69, 9.17) is 0 Å². The van der Waals surface area contributed by atoms with Crippen LogP contribution in [0, 0.1) is 0 Å². The van der Waals surface area contributed by atoms with Gasteiger partial charge in [-0.15, -0.1) is 0 Å². The number of esters is 1. The van der Waals surface area contributed by atoms with E-state index in [2.05, 4.69) is 46.0 Å². The molecule has 20 heavy (non-hydrogen) atoms. The van der Waals surface area contributed by atoms with E-state index in [1.54, 1.807) is 12.3 Å². The van der Waals surface area contributed by atoms with Crippen LogP contribution in [-0.4, -0.2) is 28.3 Å². The number of H-pyrrole nitrogens is 1. The maximum atomic E-state index is 11.4. The van der Waals surface area contributed by atoms with E-state index in [9.17, 15) is 4.79 Å². The van der Waals surface area contributed by atoms with Crippen LogP contribution in [0.3, 0.4) is 0 Å². The van der Waals surface area contributed by atoms with Crippen molar-refractivity contribution >= 4 is 17.5 Å². The first-order chi connectivity index (χ1) is 9.40. The summed E-state index contributed by atoms with van der Waals surface area (Å²) in [4.78, 5) is 15.4. The maximum Gasteiger partial charge on any atom is 0.339 e. The van der Waals surface area contributed by atoms with Crippen molar-refractivity contribution in [3.63, 3.8) is 0 Å². The number of ether oxygens (including phenoxy) is 1. The Balaban J connectivity index is 2.18. The van der Waals surface area contributed by atoms with Gasteiger partial charge in [-0.05, 0) is 6.07 Å². The minimum Gasteiger partial charge on any atom is -0.465 e. The van der Waals surface area contributed by atoms with E-state index < -0.39 is 5.97 Å². The normalized spacial score (nSPS) is 11.2. The Morgan fingerprint density at radius 1 is 1.30 bits per heavy atom. The number of nitrogens with zero attached hydrogens (tertiary/aromatic N) is 2. The predicted molar refractivity (Wildman–Crippen MR) is 76.1 cm³/mol. The van der Waals surface area contributed by atoms with Crippen LogP contribution in [0.2, 0.25) is 0 Å². The predicted octanol–water partition coefficient (Wildman–Crippen LogP) is 2.63. The average molecular weight is 274 g/mol. The lowest BCUT2D eigenvalue weighted by molar-refractivity contribution is 0.0600. The Labute approximate surface area is 117 Å². The Bertz CT molecular complexity index is 614. The molecule has 0 saturated heterocycles. The highest BCUT2D eigenvalue weighted by atomic mass is 16.5. The summed E-state index contributed by atoms with van der Waals surface area (Å²) in [7, 11) is 1.34. The molecule has 2 aromatic rings. The van der Waals surface area contributed by atoms with Crippen LogP contribution in [0.15, 0.2) is 24.5 Å². The van der Waals surface area contributed by atoms with Gasteiger partial charge in [0, 0.05) is 23.4 Å². The first-order valence-electron chi connectivity index (χ1n) is 6.26. The number of hydrogen-bond acceptors (Lipinski definition) is 5. The third-order valence-corrected chi connectivity index (χ3v) is 2.82. The molecule has 0 amide bonds. The average Bonchev–Trinajstić information content (AvgIpc) is 2.86. The van der Waals surface area contributed by atoms with Gasteiger partial charge in [-0.1, -0.05) is 20.8 Å². The number of methoxy groups -OCH3 is 1. The second kappa shape index (κ2) is 5.32. The van der Waals surface area contributed by atoms with Gasteiger partial charge in [0.1, 0.15) is 0 Å². The molecule has 2 aromatic heterocycles. The molecule has 6 nitrogen and oxygen atoms in total. The van der Waals surface area contributed by atoms with Crippen molar-refractivity contribution in [3.8, 4) is 0 Å². The van der Waals surface area contributed by atoms with E-state index in [1.165, 1.54) is 13.3 Å². The standard InChI is InChI=1S/C14H18N4O2/c1-14(2,3)11-6-12(18-17-11)16-10-5-9(7-15-8-10)13(19)20-4/h5-8H,1-4H3,(H2,16,17,18). The van der Waals surface area contributed by atoms with Gasteiger partial charge in [0.25, 0.3) is 0 Å². The lowest BCUT2D eigenvalue weighted by atomic mass is 9.92. The van der Waals surface area contributed by atoms with Gasteiger partial charge in [-0.2, -0.15) is 5.10 Å². The van der Waals surface area contributed by atoms with E-state index >= 15 is 0 Å². The highest BCUT2D eigenvalue weighted by molar-refractivity contribution is 5.90. The van der Waals surface area contributed by atoms with E-state index in [0.29, 0.717) is 17.1 Å². The summed E-state index contributed by atoms with van der Waals surface area (Å²) in [5, 5.41) is 10.3. The molecule has 0 radical (unpaired) electrons. The van der Waals surface area contributed by atoms with Crippen molar-refractivity contribution < 1.29 is 9.53 Å². The van der Waals surface area contributed by atoms with Gasteiger partial charge in [0.05, 0.1) is 24.6 Å². The Hall–Kier alpha value is -2.37. The zero-order valence-corrected chi connectivity index (χ0v) is 12.0. The van der Waals surface area contributed by atoms with Crippen molar-refractivity contribution in [3.05, 3.63) is 35.8 Å². The molecular weight excluding hydrogens is 256 g/mol. The van der Waals surface area contributed by atoms with Gasteiger partial charge in [-0.3, -0.25) is 10.1 Å². The molecular formula is C14H18N4O2. The number of carbonyl (C=O) groups excluding carboxylic acids is 1. The fourth-order valence-corrected chi connectivity index (χ4v) is 1.66. The Morgan fingerprint density at radius 2 is 2.05 bits per heavy atom. The zero-order chi connectivity index (χ0) is 14.8. The fraction of sp³-hybridized carbons (Fsp3) is 0.357. The number of carbonyl (C=O) groups is 1. The minimum atomic E-state index is -0.418. The number of rotatable bonds is 3. The summed E-state index contributed by atoms with van der Waals surface area (Å²) in [5.41, 5.74) is 2.10. The van der Waals surface area contributed by atoms with Crippen LogP contribution in [0.5, 0.6) is 0 Å². The molecule has 2 heterocycles. The van der Waals surface area contributed by atoms with Crippen LogP contribution in [-0.2, 0) is 10.2 Å². The van der Waals surface area contributed by atoms with Gasteiger partial charge < -0.3 is 10.1 Å². The van der Waals surface area contributed by atoms with Crippen LogP contribution >= 0.6 is 0 Å². The van der Waals surface area contributed by atoms with E-state index in [0.717, 1.165) is 5.69 Å². The number of nitrogens with one attached hydrogen (secondary N) is 2. The largest absolute Gasteiger partial charge is 0.465 e. The lowest BCUT2D eigenvalue weighted by Gasteiger charge is -2.14. The third-order valence-electron chi connectivity index (χ3n) is 2.82. The lowest BCUT2D eigenvalue weighted by Crippen LogP contribution is -2.11. The first-order valence-corrected chi connectivity index (χ1v) is 6.26. The van der Waals surface area contributed by atoms with Crippen molar-refractivity contribution in [1.29, 1.82) is 0 Å². The third kappa shape index (κ3) is 3.14. The topological polar surface area (TPSA) is 79.9 Å². The van der Waals surface area contributed by atoms with Gasteiger partial charge >= 0.3 is 5.97 Å². The second-order valence-corrected chi connectivity index (χ2v) is 5.50. The number of hydrogen-bond donors (Lipinski definition) is 2. The Morgan fingerprint density at radius 3 is 2.65 bits per heavy atom. The van der Waals surface area contributed by atoms with Crippen LogP contribution in [0.1, 0.15) is 36.8 Å². The summed E-state index contributed by atoms with van der Waals surface area (Å²) >= 11 is 0. The van der Waals surface area contributed by atoms with Crippen LogP contribution < -0.4 is 5.32 Å². The summed E-state index contributed by atoms with van der Waals surface area (Å²) in [6.07, 6.45) is 3.08. The van der Waals surface area contributed by atoms with Crippen LogP contribution in [0.4, 0.5) is 11.5 Å². The monoisotopic (exact) mass is 274 g/mol. The number of pyridine rings is 1. The van der Waals surface area contributed by atoms with Gasteiger partial charge in [0.2, 0.25) is 0 Å². The molecule has 6 heteroatoms. The van der Waals surface area contributed by atoms with Gasteiger partial charge in [-0.25, -0.2) is 4.79 Å². The summed E-state index contributed by atoms with van der Waals surface area (Å²) in [5.74, 6) is 0.261.